The van der Waals surface area contributed by atoms with E-state index in [0.717, 1.165) is 11.6 Å². The van der Waals surface area contributed by atoms with Crippen LogP contribution in [0.15, 0.2) is 53.6 Å². The third-order valence-corrected chi connectivity index (χ3v) is 3.50. The van der Waals surface area contributed by atoms with E-state index in [1.807, 2.05) is 19.9 Å². The first-order valence-corrected chi connectivity index (χ1v) is 7.92. The first-order chi connectivity index (χ1) is 11.2. The van der Waals surface area contributed by atoms with Crippen molar-refractivity contribution < 1.29 is 18.7 Å². The molecule has 0 aliphatic heterocycles. The number of rotatable bonds is 8. The van der Waals surface area contributed by atoms with Crippen molar-refractivity contribution in [1.29, 1.82) is 0 Å². The Kier molecular flexibility index (Phi) is 7.79. The molecule has 132 valence electrons. The molecule has 1 unspecified atom stereocenters. The molecule has 1 aromatic carbocycles. The van der Waals surface area contributed by atoms with Gasteiger partial charge in [0.05, 0.1) is 0 Å². The summed E-state index contributed by atoms with van der Waals surface area (Å²) in [5.74, 6) is -5.35. The van der Waals surface area contributed by atoms with Gasteiger partial charge in [0, 0.05) is 6.54 Å². The van der Waals surface area contributed by atoms with Gasteiger partial charge in [0.25, 0.3) is 5.91 Å². The minimum atomic E-state index is -3.87. The topological polar surface area (TPSA) is 49.3 Å². The number of alkyl halides is 2. The molecule has 0 saturated carbocycles. The molecule has 0 aliphatic rings. The lowest BCUT2D eigenvalue weighted by Gasteiger charge is -2.20. The third kappa shape index (κ3) is 6.62. The smallest absolute Gasteiger partial charge is 0.353 e. The number of hydrogen-bond acceptors (Lipinski definition) is 2. The number of benzene rings is 1. The second kappa shape index (κ2) is 9.33. The molecule has 1 rings (SSSR count). The van der Waals surface area contributed by atoms with Crippen molar-refractivity contribution in [3.05, 3.63) is 59.2 Å². The summed E-state index contributed by atoms with van der Waals surface area (Å²) in [6, 6.07) is 8.76. The van der Waals surface area contributed by atoms with Crippen LogP contribution in [-0.4, -0.2) is 23.0 Å². The van der Waals surface area contributed by atoms with Crippen LogP contribution in [0.1, 0.15) is 39.2 Å². The number of halogens is 2. The van der Waals surface area contributed by atoms with Crippen molar-refractivity contribution in [3.63, 3.8) is 0 Å². The average Bonchev–Trinajstić information content (AvgIpc) is 2.52. The summed E-state index contributed by atoms with van der Waals surface area (Å²) in [6.45, 7) is 5.57. The molecule has 1 atom stereocenters. The van der Waals surface area contributed by atoms with Crippen molar-refractivity contribution >= 4 is 5.91 Å². The number of carbonyl (C=O) groups is 1. The first kappa shape index (κ1) is 20.0. The van der Waals surface area contributed by atoms with Crippen LogP contribution in [0.2, 0.25) is 0 Å². The van der Waals surface area contributed by atoms with E-state index in [1.54, 1.807) is 37.3 Å². The van der Waals surface area contributed by atoms with Gasteiger partial charge < -0.3 is 10.4 Å². The van der Waals surface area contributed by atoms with Crippen LogP contribution in [-0.2, 0) is 11.3 Å². The number of aliphatic hydroxyl groups is 1. The fraction of sp³-hybridized carbons (Fsp3) is 0.421. The van der Waals surface area contributed by atoms with Crippen molar-refractivity contribution in [3.8, 4) is 0 Å². The predicted octanol–water partition coefficient (Wildman–Crippen LogP) is 3.99. The van der Waals surface area contributed by atoms with Gasteiger partial charge in [-0.1, -0.05) is 53.6 Å². The van der Waals surface area contributed by atoms with E-state index in [9.17, 15) is 18.7 Å². The summed E-state index contributed by atoms with van der Waals surface area (Å²) in [6.07, 6.45) is 2.18. The zero-order valence-corrected chi connectivity index (χ0v) is 14.4. The van der Waals surface area contributed by atoms with Gasteiger partial charge in [-0.15, -0.1) is 0 Å². The Bertz CT molecular complexity index is 591. The van der Waals surface area contributed by atoms with Crippen molar-refractivity contribution in [2.75, 3.05) is 0 Å². The average molecular weight is 337 g/mol. The standard InChI is InChI=1S/C19H25F2NO2/c1-14(2)8-7-9-15(3)12-17(23)19(20,21)18(24)22-13-16-10-5-4-6-11-16/h4-6,8,10-12,17,23H,7,9,13H2,1-3H3,(H,22,24)/b15-12+. The van der Waals surface area contributed by atoms with E-state index in [1.165, 1.54) is 0 Å². The van der Waals surface area contributed by atoms with Gasteiger partial charge >= 0.3 is 5.92 Å². The molecule has 3 nitrogen and oxygen atoms in total. The Morgan fingerprint density at radius 2 is 1.88 bits per heavy atom. The Morgan fingerprint density at radius 3 is 2.46 bits per heavy atom. The monoisotopic (exact) mass is 337 g/mol. The van der Waals surface area contributed by atoms with E-state index in [-0.39, 0.29) is 6.54 Å². The minimum Gasteiger partial charge on any atom is -0.382 e. The zero-order chi connectivity index (χ0) is 18.2. The van der Waals surface area contributed by atoms with Crippen molar-refractivity contribution in [2.45, 2.75) is 52.2 Å². The van der Waals surface area contributed by atoms with Crippen LogP contribution in [0.3, 0.4) is 0 Å². The quantitative estimate of drug-likeness (QED) is 0.705. The van der Waals surface area contributed by atoms with Crippen molar-refractivity contribution in [1.82, 2.24) is 5.32 Å². The molecule has 0 bridgehead atoms. The SMILES string of the molecule is CC(C)=CCC/C(C)=C/C(O)C(F)(F)C(=O)NCc1ccccc1. The Hall–Kier alpha value is -2.01. The molecule has 0 aromatic heterocycles. The van der Waals surface area contributed by atoms with E-state index in [4.69, 9.17) is 0 Å². The fourth-order valence-electron chi connectivity index (χ4n) is 2.08. The minimum absolute atomic E-state index is 0.00868. The summed E-state index contributed by atoms with van der Waals surface area (Å²) in [5.41, 5.74) is 2.48. The number of hydrogen-bond donors (Lipinski definition) is 2. The van der Waals surface area contributed by atoms with Gasteiger partial charge in [-0.3, -0.25) is 4.79 Å². The highest BCUT2D eigenvalue weighted by atomic mass is 19.3. The molecule has 0 saturated heterocycles. The molecule has 0 aliphatic carbocycles. The molecule has 0 heterocycles. The number of carbonyl (C=O) groups excluding carboxylic acids is 1. The van der Waals surface area contributed by atoms with Gasteiger partial charge in [0.1, 0.15) is 6.10 Å². The van der Waals surface area contributed by atoms with Gasteiger partial charge in [-0.05, 0) is 39.2 Å². The number of amides is 1. The Morgan fingerprint density at radius 1 is 1.25 bits per heavy atom. The number of nitrogens with one attached hydrogen (secondary N) is 1. The van der Waals surface area contributed by atoms with Gasteiger partial charge in [-0.25, -0.2) is 0 Å². The molecule has 2 N–H and O–H groups in total. The van der Waals surface area contributed by atoms with Crippen LogP contribution >= 0.6 is 0 Å². The summed E-state index contributed by atoms with van der Waals surface area (Å²) in [5, 5.41) is 11.9. The lowest BCUT2D eigenvalue weighted by atomic mass is 10.0. The van der Waals surface area contributed by atoms with Crippen molar-refractivity contribution in [2.24, 2.45) is 0 Å². The maximum absolute atomic E-state index is 14.0. The van der Waals surface area contributed by atoms with E-state index in [0.29, 0.717) is 24.0 Å². The zero-order valence-electron chi connectivity index (χ0n) is 14.4. The molecule has 5 heteroatoms. The Balaban J connectivity index is 2.60. The normalized spacial score (nSPS) is 13.3. The lowest BCUT2D eigenvalue weighted by molar-refractivity contribution is -0.158. The maximum atomic E-state index is 14.0. The molecule has 0 fully saturated rings. The van der Waals surface area contributed by atoms with Gasteiger partial charge in [0.2, 0.25) is 0 Å². The lowest BCUT2D eigenvalue weighted by Crippen LogP contribution is -2.47. The number of allylic oxidation sites excluding steroid dienone is 3. The molecule has 24 heavy (non-hydrogen) atoms. The molecule has 0 spiro atoms. The van der Waals surface area contributed by atoms with Crippen LogP contribution in [0, 0.1) is 0 Å². The largest absolute Gasteiger partial charge is 0.382 e. The molecule has 1 aromatic rings. The highest BCUT2D eigenvalue weighted by Crippen LogP contribution is 2.22. The summed E-state index contributed by atoms with van der Waals surface area (Å²) < 4.78 is 28.0. The summed E-state index contributed by atoms with van der Waals surface area (Å²) >= 11 is 0. The molecule has 1 amide bonds. The van der Waals surface area contributed by atoms with Gasteiger partial charge in [0.15, 0.2) is 0 Å². The van der Waals surface area contributed by atoms with Crippen LogP contribution < -0.4 is 5.32 Å². The summed E-state index contributed by atoms with van der Waals surface area (Å²) in [7, 11) is 0. The van der Waals surface area contributed by atoms with Gasteiger partial charge in [-0.2, -0.15) is 8.78 Å². The van der Waals surface area contributed by atoms with E-state index < -0.39 is 17.9 Å². The highest BCUT2D eigenvalue weighted by Gasteiger charge is 2.45. The van der Waals surface area contributed by atoms with Crippen LogP contribution in [0.25, 0.3) is 0 Å². The third-order valence-electron chi connectivity index (χ3n) is 3.50. The first-order valence-electron chi connectivity index (χ1n) is 7.92. The predicted molar refractivity (Wildman–Crippen MR) is 91.7 cm³/mol. The molecule has 0 radical (unpaired) electrons. The van der Waals surface area contributed by atoms with E-state index in [2.05, 4.69) is 5.32 Å². The fourth-order valence-corrected chi connectivity index (χ4v) is 2.08. The second-order valence-corrected chi connectivity index (χ2v) is 6.07. The molecular weight excluding hydrogens is 312 g/mol. The second-order valence-electron chi connectivity index (χ2n) is 6.07. The summed E-state index contributed by atoms with van der Waals surface area (Å²) in [4.78, 5) is 11.7. The number of aliphatic hydroxyl groups excluding tert-OH is 1. The molecular formula is C19H25F2NO2. The maximum Gasteiger partial charge on any atom is 0.353 e. The van der Waals surface area contributed by atoms with Crippen LogP contribution in [0.4, 0.5) is 8.78 Å². The van der Waals surface area contributed by atoms with E-state index >= 15 is 0 Å². The Labute approximate surface area is 142 Å². The van der Waals surface area contributed by atoms with Crippen LogP contribution in [0.5, 0.6) is 0 Å². The highest BCUT2D eigenvalue weighted by molar-refractivity contribution is 5.84.